The maximum absolute atomic E-state index is 13.1. The van der Waals surface area contributed by atoms with E-state index in [2.05, 4.69) is 5.10 Å². The monoisotopic (exact) mass is 319 g/mol. The van der Waals surface area contributed by atoms with Gasteiger partial charge < -0.3 is 10.0 Å². The van der Waals surface area contributed by atoms with Crippen molar-refractivity contribution in [2.24, 2.45) is 5.41 Å². The summed E-state index contributed by atoms with van der Waals surface area (Å²) in [5, 5.41) is 12.9. The van der Waals surface area contributed by atoms with Crippen LogP contribution in [0.25, 0.3) is 0 Å². The van der Waals surface area contributed by atoms with Crippen molar-refractivity contribution in [2.75, 3.05) is 13.1 Å². The van der Waals surface area contributed by atoms with Gasteiger partial charge in [-0.1, -0.05) is 6.92 Å². The van der Waals surface area contributed by atoms with Crippen molar-refractivity contribution in [1.29, 1.82) is 0 Å². The van der Waals surface area contributed by atoms with E-state index >= 15 is 0 Å². The van der Waals surface area contributed by atoms with E-state index in [-0.39, 0.29) is 12.1 Å². The second kappa shape index (κ2) is 5.62. The van der Waals surface area contributed by atoms with Crippen LogP contribution in [0.5, 0.6) is 0 Å². The third-order valence-electron chi connectivity index (χ3n) is 3.84. The molecule has 1 fully saturated rings. The lowest BCUT2D eigenvalue weighted by molar-refractivity contribution is -0.227. The number of carboxylic acid groups (broad SMARTS) is 1. The number of likely N-dealkylation sites (tertiary alicyclic amines) is 1. The normalized spacial score (nSPS) is 22.1. The van der Waals surface area contributed by atoms with Gasteiger partial charge in [-0.3, -0.25) is 14.3 Å². The summed E-state index contributed by atoms with van der Waals surface area (Å²) in [5.74, 6) is -2.58. The minimum absolute atomic E-state index is 0.164. The molecule has 0 bridgehead atoms. The molecule has 1 aliphatic rings. The molecule has 122 valence electrons. The Morgan fingerprint density at radius 1 is 1.45 bits per heavy atom. The van der Waals surface area contributed by atoms with Crippen LogP contribution in [0.4, 0.5) is 13.2 Å². The number of aromatic nitrogens is 2. The van der Waals surface area contributed by atoms with Crippen LogP contribution in [0, 0.1) is 5.41 Å². The Balaban J connectivity index is 2.17. The molecule has 0 aromatic carbocycles. The molecule has 1 aliphatic heterocycles. The molecule has 1 amide bonds. The Kier molecular flexibility index (Phi) is 4.17. The summed E-state index contributed by atoms with van der Waals surface area (Å²) in [6, 6.07) is 0. The van der Waals surface area contributed by atoms with Crippen LogP contribution >= 0.6 is 0 Å². The predicted octanol–water partition coefficient (Wildman–Crippen LogP) is 1.77. The van der Waals surface area contributed by atoms with Crippen LogP contribution in [0.1, 0.15) is 30.1 Å². The third-order valence-corrected chi connectivity index (χ3v) is 3.84. The van der Waals surface area contributed by atoms with Crippen LogP contribution in [-0.4, -0.2) is 50.9 Å². The first-order valence-corrected chi connectivity index (χ1v) is 6.83. The molecule has 22 heavy (non-hydrogen) atoms. The van der Waals surface area contributed by atoms with Gasteiger partial charge in [-0.05, 0) is 12.8 Å². The van der Waals surface area contributed by atoms with Crippen LogP contribution in [-0.2, 0) is 11.3 Å². The van der Waals surface area contributed by atoms with Gasteiger partial charge in [0.2, 0.25) is 0 Å². The molecule has 1 atom stereocenters. The van der Waals surface area contributed by atoms with Gasteiger partial charge in [-0.2, -0.15) is 18.3 Å². The van der Waals surface area contributed by atoms with Gasteiger partial charge >= 0.3 is 12.1 Å². The number of hydrogen-bond donors (Lipinski definition) is 1. The van der Waals surface area contributed by atoms with Gasteiger partial charge in [0.25, 0.3) is 5.91 Å². The molecule has 0 spiro atoms. The second-order valence-electron chi connectivity index (χ2n) is 5.35. The number of amides is 1. The quantitative estimate of drug-likeness (QED) is 0.918. The zero-order valence-electron chi connectivity index (χ0n) is 11.9. The van der Waals surface area contributed by atoms with E-state index in [1.807, 2.05) is 6.92 Å². The van der Waals surface area contributed by atoms with Crippen LogP contribution in [0.15, 0.2) is 12.4 Å². The summed E-state index contributed by atoms with van der Waals surface area (Å²) in [6.07, 6.45) is -2.00. The molecule has 9 heteroatoms. The predicted molar refractivity (Wildman–Crippen MR) is 69.2 cm³/mol. The van der Waals surface area contributed by atoms with E-state index in [9.17, 15) is 22.8 Å². The third kappa shape index (κ3) is 2.67. The van der Waals surface area contributed by atoms with Gasteiger partial charge in [-0.25, -0.2) is 0 Å². The molecule has 1 unspecified atom stereocenters. The largest absolute Gasteiger partial charge is 0.481 e. The Morgan fingerprint density at radius 2 is 2.14 bits per heavy atom. The Hall–Kier alpha value is -2.06. The summed E-state index contributed by atoms with van der Waals surface area (Å²) in [4.78, 5) is 24.2. The zero-order chi connectivity index (χ0) is 16.5. The molecule has 0 aliphatic carbocycles. The van der Waals surface area contributed by atoms with E-state index in [1.54, 1.807) is 0 Å². The van der Waals surface area contributed by atoms with Gasteiger partial charge in [0.1, 0.15) is 0 Å². The van der Waals surface area contributed by atoms with Crippen LogP contribution in [0.3, 0.4) is 0 Å². The first-order valence-electron chi connectivity index (χ1n) is 6.83. The summed E-state index contributed by atoms with van der Waals surface area (Å²) in [7, 11) is 0. The second-order valence-corrected chi connectivity index (χ2v) is 5.35. The molecule has 6 nitrogen and oxygen atoms in total. The summed E-state index contributed by atoms with van der Waals surface area (Å²) in [6.45, 7) is 1.40. The maximum Gasteiger partial charge on any atom is 0.406 e. The summed E-state index contributed by atoms with van der Waals surface area (Å²) in [5.41, 5.74) is -2.72. The van der Waals surface area contributed by atoms with Crippen molar-refractivity contribution in [1.82, 2.24) is 14.7 Å². The fraction of sp³-hybridized carbons (Fsp3) is 0.615. The molecule has 1 N–H and O–H groups in total. The van der Waals surface area contributed by atoms with Crippen molar-refractivity contribution >= 4 is 11.9 Å². The Labute approximate surface area is 124 Å². The molecule has 2 rings (SSSR count). The van der Waals surface area contributed by atoms with Gasteiger partial charge in [0, 0.05) is 25.8 Å². The highest BCUT2D eigenvalue weighted by Gasteiger charge is 2.64. The number of rotatable bonds is 4. The van der Waals surface area contributed by atoms with Gasteiger partial charge in [0.15, 0.2) is 5.41 Å². The Morgan fingerprint density at radius 3 is 2.64 bits per heavy atom. The highest BCUT2D eigenvalue weighted by Crippen LogP contribution is 2.45. The molecule has 0 radical (unpaired) electrons. The van der Waals surface area contributed by atoms with E-state index in [0.29, 0.717) is 6.54 Å². The molecular weight excluding hydrogens is 303 g/mol. The first-order chi connectivity index (χ1) is 10.2. The minimum atomic E-state index is -4.90. The molecule has 1 aromatic heterocycles. The number of carbonyl (C=O) groups excluding carboxylic acids is 1. The number of aliphatic carboxylic acids is 1. The van der Waals surface area contributed by atoms with Crippen molar-refractivity contribution in [3.05, 3.63) is 18.0 Å². The smallest absolute Gasteiger partial charge is 0.406 e. The molecular formula is C13H16F3N3O3. The fourth-order valence-electron chi connectivity index (χ4n) is 2.52. The average Bonchev–Trinajstić information content (AvgIpc) is 3.04. The van der Waals surface area contributed by atoms with E-state index in [4.69, 9.17) is 5.11 Å². The SMILES string of the molecule is CCCn1cc(C(=O)N2CCC(C(=O)O)(C(F)(F)F)C2)cn1. The Bertz CT molecular complexity index is 585. The average molecular weight is 319 g/mol. The van der Waals surface area contributed by atoms with Gasteiger partial charge in [-0.15, -0.1) is 0 Å². The zero-order valence-corrected chi connectivity index (χ0v) is 11.9. The standard InChI is InChI=1S/C13H16F3N3O3/c1-2-4-19-7-9(6-17-19)10(20)18-5-3-12(8-18,11(21)22)13(14,15)16/h6-7H,2-5,8H2,1H3,(H,21,22). The number of hydrogen-bond acceptors (Lipinski definition) is 3. The molecule has 1 aromatic rings. The van der Waals surface area contributed by atoms with Crippen molar-refractivity contribution in [3.8, 4) is 0 Å². The maximum atomic E-state index is 13.1. The van der Waals surface area contributed by atoms with Crippen LogP contribution < -0.4 is 0 Å². The number of halogens is 3. The summed E-state index contributed by atoms with van der Waals surface area (Å²) < 4.78 is 40.8. The molecule has 2 heterocycles. The minimum Gasteiger partial charge on any atom is -0.481 e. The number of aryl methyl sites for hydroxylation is 1. The number of carbonyl (C=O) groups is 2. The van der Waals surface area contributed by atoms with E-state index < -0.39 is 36.4 Å². The number of carboxylic acids is 1. The first kappa shape index (κ1) is 16.3. The highest BCUT2D eigenvalue weighted by molar-refractivity contribution is 5.94. The van der Waals surface area contributed by atoms with Crippen LogP contribution in [0.2, 0.25) is 0 Å². The van der Waals surface area contributed by atoms with E-state index in [0.717, 1.165) is 11.3 Å². The van der Waals surface area contributed by atoms with Crippen molar-refractivity contribution in [3.63, 3.8) is 0 Å². The lowest BCUT2D eigenvalue weighted by Crippen LogP contribution is -2.47. The number of alkyl halides is 3. The summed E-state index contributed by atoms with van der Waals surface area (Å²) >= 11 is 0. The number of nitrogens with zero attached hydrogens (tertiary/aromatic N) is 3. The van der Waals surface area contributed by atoms with E-state index in [1.165, 1.54) is 17.1 Å². The fourth-order valence-corrected chi connectivity index (χ4v) is 2.52. The molecule has 1 saturated heterocycles. The lowest BCUT2D eigenvalue weighted by Gasteiger charge is -2.27. The lowest BCUT2D eigenvalue weighted by atomic mass is 9.86. The topological polar surface area (TPSA) is 75.4 Å². The van der Waals surface area contributed by atoms with Crippen molar-refractivity contribution in [2.45, 2.75) is 32.5 Å². The van der Waals surface area contributed by atoms with Crippen molar-refractivity contribution < 1.29 is 27.9 Å². The highest BCUT2D eigenvalue weighted by atomic mass is 19.4. The van der Waals surface area contributed by atoms with Gasteiger partial charge in [0.05, 0.1) is 11.8 Å². The molecule has 0 saturated carbocycles.